The first-order chi connectivity index (χ1) is 9.79. The average Bonchev–Trinajstić information content (AvgIpc) is 2.47. The molecule has 0 aromatic heterocycles. The van der Waals surface area contributed by atoms with Gasteiger partial charge in [-0.3, -0.25) is 0 Å². The van der Waals surface area contributed by atoms with E-state index in [9.17, 15) is 0 Å². The number of hydrogen-bond acceptors (Lipinski definition) is 3. The molecule has 2 aliphatic heterocycles. The molecule has 0 aromatic carbocycles. The fourth-order valence-corrected chi connectivity index (χ4v) is 3.84. The Morgan fingerprint density at radius 2 is 1.95 bits per heavy atom. The summed E-state index contributed by atoms with van der Waals surface area (Å²) in [5, 5.41) is 3.70. The lowest BCUT2D eigenvalue weighted by Gasteiger charge is -2.35. The second-order valence-electron chi connectivity index (χ2n) is 6.87. The van der Waals surface area contributed by atoms with E-state index in [1.54, 1.807) is 0 Å². The van der Waals surface area contributed by atoms with Gasteiger partial charge in [0, 0.05) is 18.6 Å². The van der Waals surface area contributed by atoms with Crippen LogP contribution in [0, 0.1) is 0 Å². The number of nitrogens with zero attached hydrogens (tertiary/aromatic N) is 2. The minimum atomic E-state index is 0.749. The van der Waals surface area contributed by atoms with E-state index in [1.165, 1.54) is 84.1 Å². The van der Waals surface area contributed by atoms with E-state index in [0.717, 1.165) is 12.1 Å². The van der Waals surface area contributed by atoms with Crippen molar-refractivity contribution in [3.63, 3.8) is 0 Å². The fourth-order valence-electron chi connectivity index (χ4n) is 3.84. The lowest BCUT2D eigenvalue weighted by atomic mass is 9.99. The summed E-state index contributed by atoms with van der Waals surface area (Å²) in [7, 11) is 2.32. The molecule has 3 nitrogen and oxygen atoms in total. The molecule has 0 saturated carbocycles. The largest absolute Gasteiger partial charge is 0.313 e. The number of nitrogens with one attached hydrogen (secondary N) is 1. The molecule has 0 spiro atoms. The SMILES string of the molecule is CCCN(CCC1CCCCN1C)CC1CCCCN1. The molecule has 0 aliphatic carbocycles. The Bertz CT molecular complexity index is 251. The van der Waals surface area contributed by atoms with Crippen LogP contribution in [0.5, 0.6) is 0 Å². The molecule has 2 heterocycles. The van der Waals surface area contributed by atoms with Gasteiger partial charge in [-0.15, -0.1) is 0 Å². The highest BCUT2D eigenvalue weighted by Gasteiger charge is 2.21. The predicted molar refractivity (Wildman–Crippen MR) is 87.3 cm³/mol. The van der Waals surface area contributed by atoms with Crippen molar-refractivity contribution < 1.29 is 0 Å². The van der Waals surface area contributed by atoms with Gasteiger partial charge in [-0.05, 0) is 71.8 Å². The molecule has 0 radical (unpaired) electrons. The zero-order valence-electron chi connectivity index (χ0n) is 13.7. The summed E-state index contributed by atoms with van der Waals surface area (Å²) in [5.74, 6) is 0. The summed E-state index contributed by atoms with van der Waals surface area (Å²) in [5.41, 5.74) is 0. The minimum absolute atomic E-state index is 0.749. The summed E-state index contributed by atoms with van der Waals surface area (Å²) >= 11 is 0. The standard InChI is InChI=1S/C17H35N3/c1-3-12-20(15-16-8-4-6-11-18-16)14-10-17-9-5-7-13-19(17)2/h16-18H,3-15H2,1-2H3. The van der Waals surface area contributed by atoms with Crippen molar-refractivity contribution in [2.24, 2.45) is 0 Å². The van der Waals surface area contributed by atoms with Crippen molar-refractivity contribution >= 4 is 0 Å². The Kier molecular flexibility index (Phi) is 7.32. The van der Waals surface area contributed by atoms with Crippen LogP contribution in [0.15, 0.2) is 0 Å². The van der Waals surface area contributed by atoms with E-state index in [-0.39, 0.29) is 0 Å². The molecule has 2 rings (SSSR count). The zero-order chi connectivity index (χ0) is 14.2. The quantitative estimate of drug-likeness (QED) is 0.774. The van der Waals surface area contributed by atoms with Crippen molar-refractivity contribution in [1.29, 1.82) is 0 Å². The molecule has 0 aromatic rings. The van der Waals surface area contributed by atoms with E-state index in [0.29, 0.717) is 0 Å². The first kappa shape index (κ1) is 16.3. The third kappa shape index (κ3) is 5.34. The zero-order valence-corrected chi connectivity index (χ0v) is 13.7. The Labute approximate surface area is 126 Å². The smallest absolute Gasteiger partial charge is 0.0195 e. The maximum absolute atomic E-state index is 3.70. The van der Waals surface area contributed by atoms with Crippen LogP contribution in [0.25, 0.3) is 0 Å². The van der Waals surface area contributed by atoms with Crippen LogP contribution >= 0.6 is 0 Å². The Morgan fingerprint density at radius 3 is 2.65 bits per heavy atom. The summed E-state index contributed by atoms with van der Waals surface area (Å²) in [6.07, 6.45) is 11.1. The Hall–Kier alpha value is -0.120. The molecule has 2 saturated heterocycles. The molecule has 20 heavy (non-hydrogen) atoms. The van der Waals surface area contributed by atoms with Crippen molar-refractivity contribution in [2.75, 3.05) is 39.8 Å². The van der Waals surface area contributed by atoms with Gasteiger partial charge in [0.15, 0.2) is 0 Å². The third-order valence-corrected chi connectivity index (χ3v) is 5.13. The lowest BCUT2D eigenvalue weighted by molar-refractivity contribution is 0.146. The van der Waals surface area contributed by atoms with Gasteiger partial charge in [0.25, 0.3) is 0 Å². The van der Waals surface area contributed by atoms with Gasteiger partial charge in [-0.1, -0.05) is 19.8 Å². The summed E-state index contributed by atoms with van der Waals surface area (Å²) in [6.45, 7) is 8.69. The number of piperidine rings is 2. The number of likely N-dealkylation sites (tertiary alicyclic amines) is 1. The normalized spacial score (nSPS) is 28.9. The monoisotopic (exact) mass is 281 g/mol. The number of hydrogen-bond donors (Lipinski definition) is 1. The van der Waals surface area contributed by atoms with E-state index in [4.69, 9.17) is 0 Å². The third-order valence-electron chi connectivity index (χ3n) is 5.13. The van der Waals surface area contributed by atoms with E-state index < -0.39 is 0 Å². The predicted octanol–water partition coefficient (Wildman–Crippen LogP) is 2.71. The number of rotatable bonds is 7. The van der Waals surface area contributed by atoms with Gasteiger partial charge in [0.05, 0.1) is 0 Å². The van der Waals surface area contributed by atoms with Gasteiger partial charge in [-0.2, -0.15) is 0 Å². The van der Waals surface area contributed by atoms with Crippen LogP contribution in [0.2, 0.25) is 0 Å². The molecule has 2 unspecified atom stereocenters. The lowest BCUT2D eigenvalue weighted by Crippen LogP contribution is -2.45. The van der Waals surface area contributed by atoms with Gasteiger partial charge >= 0.3 is 0 Å². The van der Waals surface area contributed by atoms with Crippen molar-refractivity contribution in [3.05, 3.63) is 0 Å². The molecule has 118 valence electrons. The molecule has 1 N–H and O–H groups in total. The Morgan fingerprint density at radius 1 is 1.10 bits per heavy atom. The average molecular weight is 281 g/mol. The first-order valence-corrected chi connectivity index (χ1v) is 8.95. The molecule has 3 heteroatoms. The van der Waals surface area contributed by atoms with Gasteiger partial charge in [0.2, 0.25) is 0 Å². The van der Waals surface area contributed by atoms with Gasteiger partial charge < -0.3 is 15.1 Å². The molecule has 2 aliphatic rings. The highest BCUT2D eigenvalue weighted by molar-refractivity contribution is 4.79. The van der Waals surface area contributed by atoms with Gasteiger partial charge in [-0.25, -0.2) is 0 Å². The van der Waals surface area contributed by atoms with Crippen LogP contribution in [-0.4, -0.2) is 61.7 Å². The van der Waals surface area contributed by atoms with Crippen LogP contribution in [0.1, 0.15) is 58.3 Å². The molecule has 2 fully saturated rings. The van der Waals surface area contributed by atoms with Gasteiger partial charge in [0.1, 0.15) is 0 Å². The molecule has 0 bridgehead atoms. The second kappa shape index (κ2) is 9.01. The topological polar surface area (TPSA) is 18.5 Å². The maximum atomic E-state index is 3.70. The molecule has 0 amide bonds. The van der Waals surface area contributed by atoms with Crippen molar-refractivity contribution in [2.45, 2.75) is 70.4 Å². The van der Waals surface area contributed by atoms with Crippen LogP contribution in [-0.2, 0) is 0 Å². The van der Waals surface area contributed by atoms with Crippen LogP contribution < -0.4 is 5.32 Å². The van der Waals surface area contributed by atoms with E-state index >= 15 is 0 Å². The molecular weight excluding hydrogens is 246 g/mol. The highest BCUT2D eigenvalue weighted by Crippen LogP contribution is 2.18. The minimum Gasteiger partial charge on any atom is -0.313 e. The van der Waals surface area contributed by atoms with Crippen molar-refractivity contribution in [3.8, 4) is 0 Å². The molecular formula is C17H35N3. The highest BCUT2D eigenvalue weighted by atomic mass is 15.2. The Balaban J connectivity index is 1.72. The van der Waals surface area contributed by atoms with Crippen molar-refractivity contribution in [1.82, 2.24) is 15.1 Å². The summed E-state index contributed by atoms with van der Waals surface area (Å²) in [4.78, 5) is 5.30. The van der Waals surface area contributed by atoms with E-state index in [1.807, 2.05) is 0 Å². The van der Waals surface area contributed by atoms with Crippen LogP contribution in [0.4, 0.5) is 0 Å². The second-order valence-corrected chi connectivity index (χ2v) is 6.87. The molecule has 2 atom stereocenters. The van der Waals surface area contributed by atoms with E-state index in [2.05, 4.69) is 29.1 Å². The fraction of sp³-hybridized carbons (Fsp3) is 1.00. The summed E-state index contributed by atoms with van der Waals surface area (Å²) in [6, 6.07) is 1.59. The van der Waals surface area contributed by atoms with Crippen LogP contribution in [0.3, 0.4) is 0 Å². The summed E-state index contributed by atoms with van der Waals surface area (Å²) < 4.78 is 0. The first-order valence-electron chi connectivity index (χ1n) is 8.95. The maximum Gasteiger partial charge on any atom is 0.0195 e.